The Morgan fingerprint density at radius 2 is 1.79 bits per heavy atom. The van der Waals surface area contributed by atoms with E-state index in [9.17, 15) is 34.1 Å². The Labute approximate surface area is 246 Å². The summed E-state index contributed by atoms with van der Waals surface area (Å²) >= 11 is 1.00. The fourth-order valence-electron chi connectivity index (χ4n) is 4.15. The van der Waals surface area contributed by atoms with Gasteiger partial charge < -0.3 is 19.7 Å². The molecule has 42 heavy (non-hydrogen) atoms. The van der Waals surface area contributed by atoms with Crippen molar-refractivity contribution < 1.29 is 38.4 Å². The molecule has 0 spiro atoms. The van der Waals surface area contributed by atoms with Crippen LogP contribution in [0.1, 0.15) is 39.6 Å². The number of non-ortho nitro benzene ring substituents is 1. The largest absolute Gasteiger partial charge is 0.458 e. The Bertz CT molecular complexity index is 1390. The van der Waals surface area contributed by atoms with Gasteiger partial charge in [0.1, 0.15) is 19.3 Å². The van der Waals surface area contributed by atoms with Gasteiger partial charge in [0.2, 0.25) is 5.91 Å². The molecule has 1 saturated heterocycles. The number of carbonyl (C=O) groups excluding carboxylic acids is 5. The summed E-state index contributed by atoms with van der Waals surface area (Å²) < 4.78 is 10.5. The van der Waals surface area contributed by atoms with Gasteiger partial charge in [-0.25, -0.2) is 9.59 Å². The third-order valence-electron chi connectivity index (χ3n) is 6.06. The van der Waals surface area contributed by atoms with Crippen LogP contribution in [0.3, 0.4) is 0 Å². The number of anilines is 1. The van der Waals surface area contributed by atoms with Gasteiger partial charge in [-0.15, -0.1) is 0 Å². The van der Waals surface area contributed by atoms with E-state index in [1.54, 1.807) is 0 Å². The first kappa shape index (κ1) is 31.8. The van der Waals surface area contributed by atoms with Crippen molar-refractivity contribution in [2.24, 2.45) is 0 Å². The number of hydrogen-bond acceptors (Lipinski definition) is 10. The van der Waals surface area contributed by atoms with Crippen molar-refractivity contribution in [3.8, 4) is 0 Å². The summed E-state index contributed by atoms with van der Waals surface area (Å²) in [4.78, 5) is 76.3. The van der Waals surface area contributed by atoms with E-state index < -0.39 is 34.8 Å². The van der Waals surface area contributed by atoms with Crippen LogP contribution in [0.5, 0.6) is 0 Å². The molecule has 14 heteroatoms. The zero-order chi connectivity index (χ0) is 31.0. The van der Waals surface area contributed by atoms with Gasteiger partial charge in [0, 0.05) is 56.2 Å². The number of nitrogens with zero attached hydrogens (tertiary/aromatic N) is 3. The Morgan fingerprint density at radius 3 is 2.38 bits per heavy atom. The molecule has 222 valence electrons. The van der Waals surface area contributed by atoms with Gasteiger partial charge in [-0.05, 0) is 42.3 Å². The first-order chi connectivity index (χ1) is 19.9. The number of nitro groups is 1. The standard InChI is InChI=1S/C28H30N4O9S/c1-5-10-40-27(36)20-11-19(26(35)30(3)4)12-21(13-20)29-25(34)24-14-23(42-17(2)33)15-31(24)28(37)41-16-18-6-8-22(9-7-18)32(38)39/h5-9,11-13,23-24H,1,10,14-16H2,2-4H3,(H,29,34)/t23-,24-/m0/s1. The molecule has 3 rings (SSSR count). The lowest BCUT2D eigenvalue weighted by molar-refractivity contribution is -0.384. The maximum Gasteiger partial charge on any atom is 0.410 e. The minimum atomic E-state index is -1.03. The molecule has 1 heterocycles. The molecule has 0 aliphatic carbocycles. The number of thioether (sulfide) groups is 1. The van der Waals surface area contributed by atoms with Crippen molar-refractivity contribution in [2.45, 2.75) is 31.2 Å². The average molecular weight is 599 g/mol. The van der Waals surface area contributed by atoms with Crippen LogP contribution in [0.2, 0.25) is 0 Å². The number of likely N-dealkylation sites (tertiary alicyclic amines) is 1. The summed E-state index contributed by atoms with van der Waals surface area (Å²) in [7, 11) is 3.07. The average Bonchev–Trinajstić information content (AvgIpc) is 3.37. The third kappa shape index (κ3) is 8.39. The van der Waals surface area contributed by atoms with Crippen LogP contribution < -0.4 is 5.32 Å². The first-order valence-corrected chi connectivity index (χ1v) is 13.6. The van der Waals surface area contributed by atoms with E-state index >= 15 is 0 Å². The summed E-state index contributed by atoms with van der Waals surface area (Å²) in [5, 5.41) is 13.0. The maximum atomic E-state index is 13.5. The number of carbonyl (C=O) groups is 5. The molecule has 1 fully saturated rings. The molecule has 0 aromatic heterocycles. The number of hydrogen-bond donors (Lipinski definition) is 1. The SMILES string of the molecule is C=CCOC(=O)c1cc(NC(=O)[C@@H]2C[C@H](SC(C)=O)CN2C(=O)OCc2ccc([N+](=O)[O-])cc2)cc(C(=O)N(C)C)c1. The summed E-state index contributed by atoms with van der Waals surface area (Å²) in [6, 6.07) is 8.54. The van der Waals surface area contributed by atoms with Crippen molar-refractivity contribution in [2.75, 3.05) is 32.6 Å². The number of amides is 3. The van der Waals surface area contributed by atoms with E-state index in [1.165, 1.54) is 79.4 Å². The van der Waals surface area contributed by atoms with Crippen molar-refractivity contribution in [1.82, 2.24) is 9.80 Å². The Morgan fingerprint density at radius 1 is 1.12 bits per heavy atom. The number of nitro benzene ring substituents is 1. The number of nitrogens with one attached hydrogen (secondary N) is 1. The molecule has 0 bridgehead atoms. The highest BCUT2D eigenvalue weighted by molar-refractivity contribution is 8.14. The fraction of sp³-hybridized carbons (Fsp3) is 0.321. The monoisotopic (exact) mass is 598 g/mol. The van der Waals surface area contributed by atoms with Crippen molar-refractivity contribution in [3.05, 3.63) is 81.9 Å². The second kappa shape index (κ2) is 14.3. The van der Waals surface area contributed by atoms with Gasteiger partial charge in [-0.1, -0.05) is 24.4 Å². The molecule has 0 radical (unpaired) electrons. The lowest BCUT2D eigenvalue weighted by atomic mass is 10.1. The quantitative estimate of drug-likeness (QED) is 0.185. The molecule has 13 nitrogen and oxygen atoms in total. The number of esters is 1. The third-order valence-corrected chi connectivity index (χ3v) is 7.07. The van der Waals surface area contributed by atoms with Crippen LogP contribution in [-0.4, -0.2) is 82.3 Å². The zero-order valence-corrected chi connectivity index (χ0v) is 24.0. The molecular weight excluding hydrogens is 568 g/mol. The van der Waals surface area contributed by atoms with E-state index in [4.69, 9.17) is 9.47 Å². The predicted molar refractivity (Wildman–Crippen MR) is 154 cm³/mol. The molecule has 1 aliphatic rings. The van der Waals surface area contributed by atoms with Gasteiger partial charge in [0.15, 0.2) is 5.12 Å². The van der Waals surface area contributed by atoms with Crippen molar-refractivity contribution >= 4 is 52.1 Å². The van der Waals surface area contributed by atoms with Gasteiger partial charge in [-0.2, -0.15) is 0 Å². The zero-order valence-electron chi connectivity index (χ0n) is 23.2. The molecular formula is C28H30N4O9S. The van der Waals surface area contributed by atoms with Gasteiger partial charge in [-0.3, -0.25) is 29.4 Å². The topological polar surface area (TPSA) is 165 Å². The minimum Gasteiger partial charge on any atom is -0.458 e. The van der Waals surface area contributed by atoms with Gasteiger partial charge >= 0.3 is 12.1 Å². The second-order valence-corrected chi connectivity index (χ2v) is 11.0. The van der Waals surface area contributed by atoms with E-state index in [1.807, 2.05) is 0 Å². The molecule has 0 unspecified atom stereocenters. The number of rotatable bonds is 10. The van der Waals surface area contributed by atoms with Crippen molar-refractivity contribution in [1.29, 1.82) is 0 Å². The van der Waals surface area contributed by atoms with Gasteiger partial charge in [0.05, 0.1) is 10.5 Å². The summed E-state index contributed by atoms with van der Waals surface area (Å²) in [5.74, 6) is -1.76. The molecule has 1 N–H and O–H groups in total. The highest BCUT2D eigenvalue weighted by Gasteiger charge is 2.41. The van der Waals surface area contributed by atoms with Crippen LogP contribution in [0.4, 0.5) is 16.2 Å². The van der Waals surface area contributed by atoms with Crippen LogP contribution in [0.15, 0.2) is 55.1 Å². The Balaban J connectivity index is 1.82. The Kier molecular flexibility index (Phi) is 10.8. The summed E-state index contributed by atoms with van der Waals surface area (Å²) in [5.41, 5.74) is 0.663. The molecule has 2 atom stereocenters. The second-order valence-electron chi connectivity index (χ2n) is 9.49. The highest BCUT2D eigenvalue weighted by Crippen LogP contribution is 2.30. The van der Waals surface area contributed by atoms with Crippen LogP contribution in [-0.2, 0) is 25.7 Å². The van der Waals surface area contributed by atoms with E-state index in [-0.39, 0.29) is 59.0 Å². The normalized spacial score (nSPS) is 15.8. The van der Waals surface area contributed by atoms with Crippen LogP contribution in [0.25, 0.3) is 0 Å². The summed E-state index contributed by atoms with van der Waals surface area (Å²) in [6.45, 7) is 4.68. The van der Waals surface area contributed by atoms with Gasteiger partial charge in [0.25, 0.3) is 11.6 Å². The van der Waals surface area contributed by atoms with Crippen molar-refractivity contribution in [3.63, 3.8) is 0 Å². The number of benzene rings is 2. The van der Waals surface area contributed by atoms with Crippen LogP contribution in [0, 0.1) is 10.1 Å². The lowest BCUT2D eigenvalue weighted by Gasteiger charge is -2.23. The lowest BCUT2D eigenvalue weighted by Crippen LogP contribution is -2.43. The van der Waals surface area contributed by atoms with E-state index in [2.05, 4.69) is 11.9 Å². The smallest absolute Gasteiger partial charge is 0.410 e. The van der Waals surface area contributed by atoms with Crippen LogP contribution >= 0.6 is 11.8 Å². The highest BCUT2D eigenvalue weighted by atomic mass is 32.2. The summed E-state index contributed by atoms with van der Waals surface area (Å²) in [6.07, 6.45) is 0.721. The Hall–Kier alpha value is -4.72. The van der Waals surface area contributed by atoms with E-state index in [0.717, 1.165) is 11.8 Å². The minimum absolute atomic E-state index is 0.0237. The molecule has 2 aromatic rings. The molecule has 3 amide bonds. The molecule has 1 aliphatic heterocycles. The van der Waals surface area contributed by atoms with E-state index in [0.29, 0.717) is 5.56 Å². The first-order valence-electron chi connectivity index (χ1n) is 12.7. The maximum absolute atomic E-state index is 13.5. The fourth-order valence-corrected chi connectivity index (χ4v) is 5.14. The number of ether oxygens (including phenoxy) is 2. The molecule has 2 aromatic carbocycles. The molecule has 0 saturated carbocycles. The predicted octanol–water partition coefficient (Wildman–Crippen LogP) is 3.64.